The van der Waals surface area contributed by atoms with Crippen LogP contribution in [0.25, 0.3) is 0 Å². The zero-order valence-electron chi connectivity index (χ0n) is 10.1. The molecule has 4 heteroatoms. The lowest BCUT2D eigenvalue weighted by atomic mass is 9.98. The molecule has 2 heterocycles. The van der Waals surface area contributed by atoms with E-state index >= 15 is 0 Å². The molecule has 0 saturated carbocycles. The molecule has 3 rings (SSSR count). The predicted octanol–water partition coefficient (Wildman–Crippen LogP) is 1.52. The van der Waals surface area contributed by atoms with Crippen LogP contribution in [0.2, 0.25) is 0 Å². The third kappa shape index (κ3) is 1.86. The van der Waals surface area contributed by atoms with E-state index in [0.717, 1.165) is 12.8 Å². The summed E-state index contributed by atoms with van der Waals surface area (Å²) in [6, 6.07) is 6.80. The first-order valence-corrected chi connectivity index (χ1v) is 6.45. The highest BCUT2D eigenvalue weighted by atomic mass is 16.3. The van der Waals surface area contributed by atoms with Crippen LogP contribution in [0.15, 0.2) is 24.3 Å². The first-order chi connectivity index (χ1) is 8.65. The molecule has 2 saturated heterocycles. The lowest BCUT2D eigenvalue weighted by Gasteiger charge is -2.37. The zero-order valence-corrected chi connectivity index (χ0v) is 10.1. The normalized spacial score (nSPS) is 30.5. The van der Waals surface area contributed by atoms with Crippen molar-refractivity contribution in [2.45, 2.75) is 43.9 Å². The van der Waals surface area contributed by atoms with Crippen LogP contribution in [0.4, 0.5) is 0 Å². The van der Waals surface area contributed by atoms with E-state index < -0.39 is 0 Å². The maximum Gasteiger partial charge on any atom is 0.254 e. The number of carbonyl (C=O) groups is 1. The number of hydrogen-bond acceptors (Lipinski definition) is 3. The van der Waals surface area contributed by atoms with E-state index in [0.29, 0.717) is 18.4 Å². The minimum absolute atomic E-state index is 0.0229. The van der Waals surface area contributed by atoms with Crippen LogP contribution >= 0.6 is 0 Å². The van der Waals surface area contributed by atoms with Crippen molar-refractivity contribution < 1.29 is 15.0 Å². The molecular formula is C14H17NO3. The zero-order chi connectivity index (χ0) is 12.7. The van der Waals surface area contributed by atoms with Gasteiger partial charge < -0.3 is 15.1 Å². The van der Waals surface area contributed by atoms with Crippen molar-refractivity contribution in [2.24, 2.45) is 0 Å². The summed E-state index contributed by atoms with van der Waals surface area (Å²) < 4.78 is 0. The molecular weight excluding hydrogens is 230 g/mol. The fourth-order valence-corrected chi connectivity index (χ4v) is 3.27. The quantitative estimate of drug-likeness (QED) is 0.791. The number of hydrogen-bond donors (Lipinski definition) is 2. The summed E-state index contributed by atoms with van der Waals surface area (Å²) >= 11 is 0. The number of amides is 1. The van der Waals surface area contributed by atoms with Gasteiger partial charge in [0.15, 0.2) is 0 Å². The van der Waals surface area contributed by atoms with Gasteiger partial charge in [0.1, 0.15) is 5.75 Å². The van der Waals surface area contributed by atoms with E-state index in [4.69, 9.17) is 0 Å². The topological polar surface area (TPSA) is 60.8 Å². The maximum atomic E-state index is 12.5. The Hall–Kier alpha value is -1.55. The van der Waals surface area contributed by atoms with E-state index in [1.807, 2.05) is 4.90 Å². The smallest absolute Gasteiger partial charge is 0.254 e. The van der Waals surface area contributed by atoms with E-state index in [2.05, 4.69) is 0 Å². The Balaban J connectivity index is 1.85. The van der Waals surface area contributed by atoms with E-state index in [9.17, 15) is 15.0 Å². The average Bonchev–Trinajstić information content (AvgIpc) is 2.61. The highest BCUT2D eigenvalue weighted by Gasteiger charge is 2.42. The first kappa shape index (κ1) is 11.5. The van der Waals surface area contributed by atoms with Gasteiger partial charge in [-0.3, -0.25) is 4.79 Å². The fourth-order valence-electron chi connectivity index (χ4n) is 3.27. The third-order valence-electron chi connectivity index (χ3n) is 4.04. The van der Waals surface area contributed by atoms with Crippen LogP contribution in [0.5, 0.6) is 5.75 Å². The van der Waals surface area contributed by atoms with Crippen LogP contribution in [-0.2, 0) is 0 Å². The minimum Gasteiger partial charge on any atom is -0.508 e. The summed E-state index contributed by atoms with van der Waals surface area (Å²) in [4.78, 5) is 14.4. The molecule has 0 spiro atoms. The molecule has 1 aromatic rings. The van der Waals surface area contributed by atoms with Gasteiger partial charge in [0, 0.05) is 17.6 Å². The van der Waals surface area contributed by atoms with Crippen molar-refractivity contribution in [1.29, 1.82) is 0 Å². The Morgan fingerprint density at radius 2 is 1.89 bits per heavy atom. The Kier molecular flexibility index (Phi) is 2.74. The highest BCUT2D eigenvalue weighted by molar-refractivity contribution is 5.95. The molecule has 2 N–H and O–H groups in total. The van der Waals surface area contributed by atoms with Gasteiger partial charge in [-0.2, -0.15) is 0 Å². The van der Waals surface area contributed by atoms with Crippen molar-refractivity contribution in [3.05, 3.63) is 29.8 Å². The molecule has 0 radical (unpaired) electrons. The summed E-state index contributed by atoms with van der Waals surface area (Å²) in [6.07, 6.45) is 3.05. The number of aliphatic hydroxyl groups is 1. The molecule has 0 aromatic heterocycles. The largest absolute Gasteiger partial charge is 0.508 e. The molecule has 2 aliphatic rings. The number of aromatic hydroxyl groups is 1. The van der Waals surface area contributed by atoms with Crippen LogP contribution in [0.3, 0.4) is 0 Å². The van der Waals surface area contributed by atoms with Crippen molar-refractivity contribution in [3.8, 4) is 5.75 Å². The van der Waals surface area contributed by atoms with Gasteiger partial charge in [0.05, 0.1) is 6.10 Å². The fraction of sp³-hybridized carbons (Fsp3) is 0.500. The first-order valence-electron chi connectivity index (χ1n) is 6.45. The Labute approximate surface area is 106 Å². The standard InChI is InChI=1S/C14H17NO3/c16-12-3-1-2-9(6-12)14(18)15-10-4-5-11(15)8-13(17)7-10/h1-3,6,10-11,13,16-17H,4-5,7-8H2. The molecule has 2 fully saturated rings. The van der Waals surface area contributed by atoms with Crippen LogP contribution in [-0.4, -0.2) is 39.2 Å². The molecule has 2 aliphatic heterocycles. The third-order valence-corrected chi connectivity index (χ3v) is 4.04. The summed E-state index contributed by atoms with van der Waals surface area (Å²) in [5, 5.41) is 19.2. The number of phenols is 1. The van der Waals surface area contributed by atoms with Gasteiger partial charge in [-0.05, 0) is 43.9 Å². The van der Waals surface area contributed by atoms with Gasteiger partial charge in [0.25, 0.3) is 5.91 Å². The molecule has 1 aromatic carbocycles. The highest BCUT2D eigenvalue weighted by Crippen LogP contribution is 2.36. The monoisotopic (exact) mass is 247 g/mol. The minimum atomic E-state index is -0.268. The van der Waals surface area contributed by atoms with Crippen LogP contribution in [0, 0.1) is 0 Å². The van der Waals surface area contributed by atoms with E-state index in [1.54, 1.807) is 18.2 Å². The number of carbonyl (C=O) groups excluding carboxylic acids is 1. The molecule has 96 valence electrons. The lowest BCUT2D eigenvalue weighted by Crippen LogP contribution is -2.47. The molecule has 2 unspecified atom stereocenters. The summed E-state index contributed by atoms with van der Waals surface area (Å²) in [5.74, 6) is 0.0931. The molecule has 2 bridgehead atoms. The summed E-state index contributed by atoms with van der Waals surface area (Å²) in [7, 11) is 0. The predicted molar refractivity (Wildman–Crippen MR) is 66.3 cm³/mol. The number of aliphatic hydroxyl groups excluding tert-OH is 1. The molecule has 18 heavy (non-hydrogen) atoms. The molecule has 2 atom stereocenters. The van der Waals surface area contributed by atoms with Crippen molar-refractivity contribution >= 4 is 5.91 Å². The Bertz CT molecular complexity index is 460. The van der Waals surface area contributed by atoms with Crippen molar-refractivity contribution in [2.75, 3.05) is 0 Å². The van der Waals surface area contributed by atoms with Crippen LogP contribution < -0.4 is 0 Å². The number of benzene rings is 1. The van der Waals surface area contributed by atoms with Gasteiger partial charge in [-0.25, -0.2) is 0 Å². The van der Waals surface area contributed by atoms with Gasteiger partial charge in [0.2, 0.25) is 0 Å². The van der Waals surface area contributed by atoms with Crippen LogP contribution in [0.1, 0.15) is 36.0 Å². The molecule has 1 amide bonds. The second-order valence-corrected chi connectivity index (χ2v) is 5.27. The molecule has 0 aliphatic carbocycles. The van der Waals surface area contributed by atoms with E-state index in [-0.39, 0.29) is 29.8 Å². The Morgan fingerprint density at radius 1 is 1.22 bits per heavy atom. The SMILES string of the molecule is O=C(c1cccc(O)c1)N1C2CCC1CC(O)C2. The van der Waals surface area contributed by atoms with E-state index in [1.165, 1.54) is 6.07 Å². The van der Waals surface area contributed by atoms with Crippen molar-refractivity contribution in [1.82, 2.24) is 4.90 Å². The lowest BCUT2D eigenvalue weighted by molar-refractivity contribution is 0.0286. The number of piperidine rings is 1. The average molecular weight is 247 g/mol. The number of nitrogens with zero attached hydrogens (tertiary/aromatic N) is 1. The maximum absolute atomic E-state index is 12.5. The second-order valence-electron chi connectivity index (χ2n) is 5.27. The van der Waals surface area contributed by atoms with Crippen molar-refractivity contribution in [3.63, 3.8) is 0 Å². The second kappa shape index (κ2) is 4.28. The van der Waals surface area contributed by atoms with Gasteiger partial charge >= 0.3 is 0 Å². The number of rotatable bonds is 1. The number of fused-ring (bicyclic) bond motifs is 2. The summed E-state index contributed by atoms with van der Waals surface area (Å²) in [6.45, 7) is 0. The molecule has 4 nitrogen and oxygen atoms in total. The van der Waals surface area contributed by atoms with Gasteiger partial charge in [-0.15, -0.1) is 0 Å². The number of phenolic OH excluding ortho intramolecular Hbond substituents is 1. The summed E-state index contributed by atoms with van der Waals surface area (Å²) in [5.41, 5.74) is 0.531. The Morgan fingerprint density at radius 3 is 2.50 bits per heavy atom. The van der Waals surface area contributed by atoms with Gasteiger partial charge in [-0.1, -0.05) is 6.07 Å².